The average Bonchev–Trinajstić information content (AvgIpc) is 2.99. The topological polar surface area (TPSA) is 41.0 Å². The Morgan fingerprint density at radius 2 is 2.00 bits per heavy atom. The predicted octanol–water partition coefficient (Wildman–Crippen LogP) is 2.84. The van der Waals surface area contributed by atoms with Crippen LogP contribution in [0.4, 0.5) is 18.3 Å². The van der Waals surface area contributed by atoms with Crippen LogP contribution in [0.3, 0.4) is 0 Å². The standard InChI is InChI=1S/C11H17F3N4S/c1-18(8-4-2-3-5-8)7-6-15-10-17-16-9(19-10)11(12,13)14/h8H,2-7H2,1H3,(H,15,17). The van der Waals surface area contributed by atoms with Crippen molar-refractivity contribution in [2.75, 3.05) is 25.5 Å². The second-order valence-electron chi connectivity index (χ2n) is 4.76. The van der Waals surface area contributed by atoms with Gasteiger partial charge in [-0.3, -0.25) is 0 Å². The quantitative estimate of drug-likeness (QED) is 0.906. The molecule has 1 aromatic rings. The van der Waals surface area contributed by atoms with E-state index in [9.17, 15) is 13.2 Å². The van der Waals surface area contributed by atoms with E-state index in [1.165, 1.54) is 25.7 Å². The summed E-state index contributed by atoms with van der Waals surface area (Å²) in [6.07, 6.45) is 0.570. The SMILES string of the molecule is CN(CCNc1nnc(C(F)(F)F)s1)C1CCCC1. The van der Waals surface area contributed by atoms with Crippen LogP contribution in [-0.2, 0) is 6.18 Å². The van der Waals surface area contributed by atoms with E-state index in [2.05, 4.69) is 27.5 Å². The molecule has 1 aromatic heterocycles. The molecule has 0 aliphatic heterocycles. The van der Waals surface area contributed by atoms with Gasteiger partial charge in [0.25, 0.3) is 0 Å². The van der Waals surface area contributed by atoms with Gasteiger partial charge >= 0.3 is 6.18 Å². The molecule has 4 nitrogen and oxygen atoms in total. The molecule has 8 heteroatoms. The highest BCUT2D eigenvalue weighted by atomic mass is 32.1. The van der Waals surface area contributed by atoms with Crippen molar-refractivity contribution < 1.29 is 13.2 Å². The molecule has 1 aliphatic rings. The minimum absolute atomic E-state index is 0.229. The van der Waals surface area contributed by atoms with Crippen LogP contribution in [0.5, 0.6) is 0 Å². The molecule has 108 valence electrons. The van der Waals surface area contributed by atoms with E-state index in [1.54, 1.807) is 0 Å². The van der Waals surface area contributed by atoms with E-state index in [1.807, 2.05) is 0 Å². The van der Waals surface area contributed by atoms with Crippen molar-refractivity contribution >= 4 is 16.5 Å². The van der Waals surface area contributed by atoms with E-state index >= 15 is 0 Å². The molecule has 19 heavy (non-hydrogen) atoms. The molecule has 2 rings (SSSR count). The molecule has 0 amide bonds. The van der Waals surface area contributed by atoms with E-state index in [0.717, 1.165) is 6.54 Å². The van der Waals surface area contributed by atoms with E-state index in [0.29, 0.717) is 23.9 Å². The largest absolute Gasteiger partial charge is 0.445 e. The summed E-state index contributed by atoms with van der Waals surface area (Å²) in [6.45, 7) is 1.38. The third-order valence-corrected chi connectivity index (χ3v) is 4.28. The molecule has 0 bridgehead atoms. The highest BCUT2D eigenvalue weighted by Crippen LogP contribution is 2.32. The van der Waals surface area contributed by atoms with Crippen molar-refractivity contribution in [1.82, 2.24) is 15.1 Å². The molecule has 0 saturated heterocycles. The average molecular weight is 294 g/mol. The first-order chi connectivity index (χ1) is 8.97. The van der Waals surface area contributed by atoms with Crippen molar-refractivity contribution in [3.63, 3.8) is 0 Å². The molecule has 0 radical (unpaired) electrons. The third-order valence-electron chi connectivity index (χ3n) is 3.36. The Bertz CT molecular complexity index is 401. The van der Waals surface area contributed by atoms with E-state index in [4.69, 9.17) is 0 Å². The van der Waals surface area contributed by atoms with Gasteiger partial charge in [-0.1, -0.05) is 24.2 Å². The first-order valence-electron chi connectivity index (χ1n) is 6.31. The zero-order valence-electron chi connectivity index (χ0n) is 10.7. The van der Waals surface area contributed by atoms with Crippen molar-refractivity contribution in [2.45, 2.75) is 37.9 Å². The minimum atomic E-state index is -4.40. The first kappa shape index (κ1) is 14.5. The van der Waals surface area contributed by atoms with Gasteiger partial charge in [-0.15, -0.1) is 10.2 Å². The molecule has 0 unspecified atom stereocenters. The number of hydrogen-bond donors (Lipinski definition) is 1. The molecule has 1 fully saturated rings. The van der Waals surface area contributed by atoms with Gasteiger partial charge in [0.1, 0.15) is 0 Å². The number of nitrogens with one attached hydrogen (secondary N) is 1. The summed E-state index contributed by atoms with van der Waals surface area (Å²) in [5.74, 6) is 0. The molecule has 0 spiro atoms. The van der Waals surface area contributed by atoms with E-state index < -0.39 is 11.2 Å². The van der Waals surface area contributed by atoms with Crippen molar-refractivity contribution in [3.05, 3.63) is 5.01 Å². The summed E-state index contributed by atoms with van der Waals surface area (Å²) in [5, 5.41) is 8.85. The van der Waals surface area contributed by atoms with Crippen LogP contribution in [0.1, 0.15) is 30.7 Å². The lowest BCUT2D eigenvalue weighted by molar-refractivity contribution is -0.138. The van der Waals surface area contributed by atoms with Gasteiger partial charge in [0.15, 0.2) is 0 Å². The van der Waals surface area contributed by atoms with Gasteiger partial charge in [-0.25, -0.2) is 0 Å². The highest BCUT2D eigenvalue weighted by Gasteiger charge is 2.35. The Morgan fingerprint density at radius 1 is 1.32 bits per heavy atom. The number of rotatable bonds is 5. The number of anilines is 1. The number of likely N-dealkylation sites (N-methyl/N-ethyl adjacent to an activating group) is 1. The highest BCUT2D eigenvalue weighted by molar-refractivity contribution is 7.15. The zero-order valence-corrected chi connectivity index (χ0v) is 11.5. The summed E-state index contributed by atoms with van der Waals surface area (Å²) in [7, 11) is 2.05. The maximum Gasteiger partial charge on any atom is 0.445 e. The Kier molecular flexibility index (Phi) is 4.62. The fourth-order valence-corrected chi connectivity index (χ4v) is 2.91. The number of halogens is 3. The summed E-state index contributed by atoms with van der Waals surface area (Å²) < 4.78 is 37.0. The van der Waals surface area contributed by atoms with Gasteiger partial charge in [0, 0.05) is 19.1 Å². The number of alkyl halides is 3. The number of hydrogen-bond acceptors (Lipinski definition) is 5. The molecule has 0 aromatic carbocycles. The van der Waals surface area contributed by atoms with Crippen LogP contribution in [0.2, 0.25) is 0 Å². The fourth-order valence-electron chi connectivity index (χ4n) is 2.28. The van der Waals surface area contributed by atoms with Gasteiger partial charge in [-0.05, 0) is 19.9 Å². The Balaban J connectivity index is 1.74. The molecule has 1 N–H and O–H groups in total. The molecule has 1 saturated carbocycles. The maximum atomic E-state index is 12.3. The molecule has 1 aliphatic carbocycles. The monoisotopic (exact) mass is 294 g/mol. The summed E-state index contributed by atoms with van der Waals surface area (Å²) in [4.78, 5) is 2.26. The molecule has 0 atom stereocenters. The molecule has 1 heterocycles. The predicted molar refractivity (Wildman–Crippen MR) is 68.3 cm³/mol. The van der Waals surface area contributed by atoms with Crippen molar-refractivity contribution in [3.8, 4) is 0 Å². The van der Waals surface area contributed by atoms with Gasteiger partial charge in [0.2, 0.25) is 10.1 Å². The molecular formula is C11H17F3N4S. The summed E-state index contributed by atoms with van der Waals surface area (Å²) >= 11 is 0.547. The summed E-state index contributed by atoms with van der Waals surface area (Å²) in [6, 6.07) is 0.613. The molecular weight excluding hydrogens is 277 g/mol. The summed E-state index contributed by atoms with van der Waals surface area (Å²) in [5.41, 5.74) is 0. The van der Waals surface area contributed by atoms with Crippen LogP contribution < -0.4 is 5.32 Å². The van der Waals surface area contributed by atoms with E-state index in [-0.39, 0.29) is 5.13 Å². The van der Waals surface area contributed by atoms with Gasteiger partial charge in [0.05, 0.1) is 0 Å². The van der Waals surface area contributed by atoms with Gasteiger partial charge < -0.3 is 10.2 Å². The Labute approximate surface area is 114 Å². The lowest BCUT2D eigenvalue weighted by Crippen LogP contribution is -2.33. The Hall–Kier alpha value is -0.890. The fraction of sp³-hybridized carbons (Fsp3) is 0.818. The number of aromatic nitrogens is 2. The van der Waals surface area contributed by atoms with Crippen LogP contribution >= 0.6 is 11.3 Å². The Morgan fingerprint density at radius 3 is 2.58 bits per heavy atom. The third kappa shape index (κ3) is 4.04. The minimum Gasteiger partial charge on any atom is -0.359 e. The van der Waals surface area contributed by atoms with Crippen molar-refractivity contribution in [1.29, 1.82) is 0 Å². The van der Waals surface area contributed by atoms with Gasteiger partial charge in [-0.2, -0.15) is 13.2 Å². The van der Waals surface area contributed by atoms with Crippen LogP contribution in [0.15, 0.2) is 0 Å². The zero-order chi connectivity index (χ0) is 13.9. The second-order valence-corrected chi connectivity index (χ2v) is 5.73. The van der Waals surface area contributed by atoms with Crippen LogP contribution in [0, 0.1) is 0 Å². The van der Waals surface area contributed by atoms with Crippen LogP contribution in [0.25, 0.3) is 0 Å². The van der Waals surface area contributed by atoms with Crippen molar-refractivity contribution in [2.24, 2.45) is 0 Å². The maximum absolute atomic E-state index is 12.3. The first-order valence-corrected chi connectivity index (χ1v) is 7.13. The lowest BCUT2D eigenvalue weighted by atomic mass is 10.2. The lowest BCUT2D eigenvalue weighted by Gasteiger charge is -2.23. The normalized spacial score (nSPS) is 17.3. The second kappa shape index (κ2) is 6.04. The number of nitrogens with zero attached hydrogens (tertiary/aromatic N) is 3. The smallest absolute Gasteiger partial charge is 0.359 e. The van der Waals surface area contributed by atoms with Crippen LogP contribution in [-0.4, -0.2) is 41.3 Å².